The van der Waals surface area contributed by atoms with Gasteiger partial charge in [-0.25, -0.2) is 0 Å². The minimum absolute atomic E-state index is 0.307. The fraction of sp³-hybridized carbons (Fsp3) is 1.00. The first-order chi connectivity index (χ1) is 9.68. The van der Waals surface area contributed by atoms with E-state index in [-0.39, 0.29) is 0 Å². The van der Waals surface area contributed by atoms with Gasteiger partial charge in [-0.15, -0.1) is 0 Å². The second-order valence-electron chi connectivity index (χ2n) is 10.1. The Morgan fingerprint density at radius 3 is 1.27 bits per heavy atom. The SMILES string of the molecule is CCC(C(C)C)C(C)(C)C(C)C(C)(C)C(C)(C(C)C)C(C)C. The molecule has 0 aliphatic rings. The van der Waals surface area contributed by atoms with Crippen LogP contribution >= 0.6 is 0 Å². The Morgan fingerprint density at radius 1 is 0.682 bits per heavy atom. The molecule has 0 nitrogen and oxygen atoms in total. The highest BCUT2D eigenvalue weighted by Gasteiger charge is 2.53. The van der Waals surface area contributed by atoms with Gasteiger partial charge in [0.1, 0.15) is 0 Å². The van der Waals surface area contributed by atoms with Gasteiger partial charge in [-0.2, -0.15) is 0 Å². The Bertz CT molecular complexity index is 322. The van der Waals surface area contributed by atoms with Crippen molar-refractivity contribution >= 4 is 0 Å². The molecule has 0 heteroatoms. The highest BCUT2D eigenvalue weighted by Crippen LogP contribution is 2.59. The minimum atomic E-state index is 0.307. The molecular weight excluding hydrogens is 264 g/mol. The average Bonchev–Trinajstić information content (AvgIpc) is 2.35. The van der Waals surface area contributed by atoms with Crippen molar-refractivity contribution in [2.24, 2.45) is 45.8 Å². The summed E-state index contributed by atoms with van der Waals surface area (Å²) < 4.78 is 0. The van der Waals surface area contributed by atoms with Crippen LogP contribution in [-0.4, -0.2) is 0 Å². The second-order valence-corrected chi connectivity index (χ2v) is 10.1. The van der Waals surface area contributed by atoms with E-state index in [1.54, 1.807) is 0 Å². The third kappa shape index (κ3) is 3.57. The standard InChI is InChI=1S/C22H46/c1-14-19(15(2)3)20(9,10)18(8)21(11,12)22(13,16(4)5)17(6)7/h15-19H,14H2,1-13H3. The Labute approximate surface area is 142 Å². The lowest BCUT2D eigenvalue weighted by Gasteiger charge is -2.59. The third-order valence-corrected chi connectivity index (χ3v) is 8.19. The van der Waals surface area contributed by atoms with Gasteiger partial charge in [-0.05, 0) is 45.8 Å². The fourth-order valence-electron chi connectivity index (χ4n) is 5.73. The van der Waals surface area contributed by atoms with E-state index >= 15 is 0 Å². The molecule has 0 heterocycles. The summed E-state index contributed by atoms with van der Waals surface area (Å²) in [6.07, 6.45) is 1.28. The number of hydrogen-bond donors (Lipinski definition) is 0. The summed E-state index contributed by atoms with van der Waals surface area (Å²) >= 11 is 0. The lowest BCUT2D eigenvalue weighted by molar-refractivity contribution is -0.103. The van der Waals surface area contributed by atoms with Crippen molar-refractivity contribution in [1.29, 1.82) is 0 Å². The highest BCUT2D eigenvalue weighted by atomic mass is 14.6. The minimum Gasteiger partial charge on any atom is -0.0651 e. The van der Waals surface area contributed by atoms with Crippen molar-refractivity contribution in [1.82, 2.24) is 0 Å². The van der Waals surface area contributed by atoms with Crippen molar-refractivity contribution in [2.45, 2.75) is 96.4 Å². The molecule has 0 radical (unpaired) electrons. The molecule has 2 unspecified atom stereocenters. The zero-order valence-electron chi connectivity index (χ0n) is 18.1. The fourth-order valence-corrected chi connectivity index (χ4v) is 5.73. The summed E-state index contributed by atoms with van der Waals surface area (Å²) in [6.45, 7) is 32.0. The Hall–Kier alpha value is 0. The summed E-state index contributed by atoms with van der Waals surface area (Å²) in [5.41, 5.74) is 1.01. The zero-order valence-corrected chi connectivity index (χ0v) is 18.1. The Kier molecular flexibility index (Phi) is 7.27. The Morgan fingerprint density at radius 2 is 1.05 bits per heavy atom. The van der Waals surface area contributed by atoms with Crippen molar-refractivity contribution in [3.8, 4) is 0 Å². The molecule has 0 aromatic carbocycles. The van der Waals surface area contributed by atoms with Gasteiger partial charge in [0.2, 0.25) is 0 Å². The molecule has 0 aliphatic carbocycles. The highest BCUT2D eigenvalue weighted by molar-refractivity contribution is 5.01. The molecule has 0 aromatic rings. The molecule has 22 heavy (non-hydrogen) atoms. The van der Waals surface area contributed by atoms with Gasteiger partial charge in [0.25, 0.3) is 0 Å². The molecule has 0 amide bonds. The molecule has 0 aliphatic heterocycles. The molecule has 0 spiro atoms. The van der Waals surface area contributed by atoms with E-state index in [4.69, 9.17) is 0 Å². The summed E-state index contributed by atoms with van der Waals surface area (Å²) in [5.74, 6) is 3.61. The van der Waals surface area contributed by atoms with Gasteiger partial charge in [-0.1, -0.05) is 96.4 Å². The average molecular weight is 311 g/mol. The van der Waals surface area contributed by atoms with E-state index in [1.165, 1.54) is 6.42 Å². The van der Waals surface area contributed by atoms with Gasteiger partial charge in [-0.3, -0.25) is 0 Å². The van der Waals surface area contributed by atoms with E-state index in [1.807, 2.05) is 0 Å². The first-order valence-electron chi connectivity index (χ1n) is 9.68. The number of hydrogen-bond acceptors (Lipinski definition) is 0. The normalized spacial score (nSPS) is 17.5. The summed E-state index contributed by atoms with van der Waals surface area (Å²) in [6, 6.07) is 0. The number of rotatable bonds is 8. The molecule has 0 rings (SSSR count). The molecule has 0 saturated heterocycles. The van der Waals surface area contributed by atoms with Crippen LogP contribution in [0.2, 0.25) is 0 Å². The van der Waals surface area contributed by atoms with Gasteiger partial charge < -0.3 is 0 Å². The predicted octanol–water partition coefficient (Wildman–Crippen LogP) is 7.68. The van der Waals surface area contributed by atoms with Crippen LogP contribution in [-0.2, 0) is 0 Å². The predicted molar refractivity (Wildman–Crippen MR) is 103 cm³/mol. The van der Waals surface area contributed by atoms with Crippen molar-refractivity contribution in [3.05, 3.63) is 0 Å². The van der Waals surface area contributed by atoms with Gasteiger partial charge in [0.15, 0.2) is 0 Å². The molecule has 0 fully saturated rings. The zero-order chi connectivity index (χ0) is 18.1. The van der Waals surface area contributed by atoms with Crippen LogP contribution in [0.15, 0.2) is 0 Å². The first-order valence-corrected chi connectivity index (χ1v) is 9.68. The lowest BCUT2D eigenvalue weighted by Crippen LogP contribution is -2.52. The first kappa shape index (κ1) is 22.0. The largest absolute Gasteiger partial charge is 0.0651 e. The van der Waals surface area contributed by atoms with Crippen molar-refractivity contribution in [2.75, 3.05) is 0 Å². The molecule has 0 N–H and O–H groups in total. The van der Waals surface area contributed by atoms with Gasteiger partial charge in [0.05, 0.1) is 0 Å². The maximum atomic E-state index is 2.53. The van der Waals surface area contributed by atoms with E-state index in [0.717, 1.165) is 11.8 Å². The van der Waals surface area contributed by atoms with Crippen LogP contribution in [0.5, 0.6) is 0 Å². The van der Waals surface area contributed by atoms with E-state index in [0.29, 0.717) is 34.0 Å². The molecule has 134 valence electrons. The van der Waals surface area contributed by atoms with E-state index < -0.39 is 0 Å². The maximum absolute atomic E-state index is 2.53. The van der Waals surface area contributed by atoms with Crippen molar-refractivity contribution < 1.29 is 0 Å². The molecule has 0 aromatic heterocycles. The van der Waals surface area contributed by atoms with Crippen LogP contribution in [0.1, 0.15) is 96.4 Å². The van der Waals surface area contributed by atoms with Gasteiger partial charge >= 0.3 is 0 Å². The quantitative estimate of drug-likeness (QED) is 0.431. The van der Waals surface area contributed by atoms with Crippen molar-refractivity contribution in [3.63, 3.8) is 0 Å². The second kappa shape index (κ2) is 7.27. The van der Waals surface area contributed by atoms with Crippen LogP contribution in [0, 0.1) is 45.8 Å². The smallest absolute Gasteiger partial charge is 0.0226 e. The topological polar surface area (TPSA) is 0 Å². The summed E-state index contributed by atoms with van der Waals surface area (Å²) in [7, 11) is 0. The molecule has 0 saturated carbocycles. The van der Waals surface area contributed by atoms with Gasteiger partial charge in [0, 0.05) is 0 Å². The summed E-state index contributed by atoms with van der Waals surface area (Å²) in [4.78, 5) is 0. The van der Waals surface area contributed by atoms with Crippen LogP contribution in [0.4, 0.5) is 0 Å². The monoisotopic (exact) mass is 310 g/mol. The Balaban J connectivity index is 5.88. The molecular formula is C22H46. The van der Waals surface area contributed by atoms with E-state index in [2.05, 4.69) is 90.0 Å². The van der Waals surface area contributed by atoms with Crippen LogP contribution in [0.25, 0.3) is 0 Å². The lowest BCUT2D eigenvalue weighted by atomic mass is 9.46. The van der Waals surface area contributed by atoms with Crippen LogP contribution in [0.3, 0.4) is 0 Å². The molecule has 0 bridgehead atoms. The van der Waals surface area contributed by atoms with E-state index in [9.17, 15) is 0 Å². The third-order valence-electron chi connectivity index (χ3n) is 8.19. The molecule has 2 atom stereocenters. The van der Waals surface area contributed by atoms with Crippen LogP contribution < -0.4 is 0 Å². The maximum Gasteiger partial charge on any atom is -0.0226 e. The summed E-state index contributed by atoms with van der Waals surface area (Å²) in [5, 5.41) is 0.